The van der Waals surface area contributed by atoms with E-state index in [4.69, 9.17) is 4.74 Å². The molecular weight excluding hydrogens is 356 g/mol. The largest absolute Gasteiger partial charge is 0.456 e. The number of esters is 1. The van der Waals surface area contributed by atoms with Crippen molar-refractivity contribution < 1.29 is 19.1 Å². The highest BCUT2D eigenvalue weighted by Crippen LogP contribution is 2.36. The first-order valence-electron chi connectivity index (χ1n) is 9.25. The fraction of sp³-hybridized carbons (Fsp3) is 0.318. The van der Waals surface area contributed by atoms with Gasteiger partial charge in [0.1, 0.15) is 5.54 Å². The number of carbonyl (C=O) groups excluding carboxylic acids is 3. The van der Waals surface area contributed by atoms with Gasteiger partial charge in [0.25, 0.3) is 5.91 Å². The van der Waals surface area contributed by atoms with Crippen molar-refractivity contribution in [2.45, 2.75) is 38.6 Å². The molecule has 0 bridgehead atoms. The van der Waals surface area contributed by atoms with Gasteiger partial charge in [-0.1, -0.05) is 49.4 Å². The van der Waals surface area contributed by atoms with Crippen LogP contribution in [0.3, 0.4) is 0 Å². The summed E-state index contributed by atoms with van der Waals surface area (Å²) in [6.07, 6.45) is 0.178. The van der Waals surface area contributed by atoms with Gasteiger partial charge in [-0.2, -0.15) is 0 Å². The molecule has 1 aliphatic rings. The lowest BCUT2D eigenvalue weighted by molar-refractivity contribution is -0.148. The molecule has 6 nitrogen and oxygen atoms in total. The van der Waals surface area contributed by atoms with Gasteiger partial charge in [-0.15, -0.1) is 0 Å². The van der Waals surface area contributed by atoms with E-state index in [0.717, 1.165) is 5.56 Å². The van der Waals surface area contributed by atoms with Crippen molar-refractivity contribution in [3.05, 3.63) is 60.2 Å². The Bertz CT molecular complexity index is 892. The summed E-state index contributed by atoms with van der Waals surface area (Å²) in [7, 11) is 0. The van der Waals surface area contributed by atoms with Crippen molar-refractivity contribution in [1.29, 1.82) is 0 Å². The molecule has 1 atom stereocenters. The van der Waals surface area contributed by atoms with Gasteiger partial charge in [0.2, 0.25) is 5.91 Å². The summed E-state index contributed by atoms with van der Waals surface area (Å²) in [5.74, 6) is -1.18. The predicted molar refractivity (Wildman–Crippen MR) is 107 cm³/mol. The number of hydrogen-bond acceptors (Lipinski definition) is 4. The molecule has 0 spiro atoms. The molecule has 1 heterocycles. The van der Waals surface area contributed by atoms with Crippen LogP contribution in [0.25, 0.3) is 0 Å². The van der Waals surface area contributed by atoms with Crippen LogP contribution in [-0.2, 0) is 19.1 Å². The molecule has 0 radical (unpaired) electrons. The van der Waals surface area contributed by atoms with E-state index in [1.807, 2.05) is 37.3 Å². The molecule has 2 amide bonds. The van der Waals surface area contributed by atoms with Crippen molar-refractivity contribution >= 4 is 29.2 Å². The van der Waals surface area contributed by atoms with Gasteiger partial charge in [0.05, 0.1) is 17.8 Å². The lowest BCUT2D eigenvalue weighted by Crippen LogP contribution is -2.59. The minimum absolute atomic E-state index is 0.0123. The minimum atomic E-state index is -1.09. The normalized spacial score (nSPS) is 16.0. The Morgan fingerprint density at radius 1 is 1.07 bits per heavy atom. The fourth-order valence-corrected chi connectivity index (χ4v) is 3.31. The SMILES string of the molecule is C[C@@H](CC(=O)OCC(=O)N1c2ccccc2NC(=O)C1(C)C)c1ccccc1. The Hall–Kier alpha value is -3.15. The third-order valence-corrected chi connectivity index (χ3v) is 4.96. The predicted octanol–water partition coefficient (Wildman–Crippen LogP) is 3.49. The van der Waals surface area contributed by atoms with E-state index < -0.39 is 24.0 Å². The highest BCUT2D eigenvalue weighted by molar-refractivity contribution is 6.14. The van der Waals surface area contributed by atoms with Gasteiger partial charge < -0.3 is 10.1 Å². The van der Waals surface area contributed by atoms with Crippen LogP contribution in [0.2, 0.25) is 0 Å². The summed E-state index contributed by atoms with van der Waals surface area (Å²) in [4.78, 5) is 38.9. The molecule has 0 unspecified atom stereocenters. The number of benzene rings is 2. The zero-order valence-electron chi connectivity index (χ0n) is 16.3. The van der Waals surface area contributed by atoms with Crippen LogP contribution in [0.5, 0.6) is 0 Å². The standard InChI is InChI=1S/C22H24N2O4/c1-15(16-9-5-4-6-10-16)13-20(26)28-14-19(25)24-18-12-8-7-11-17(18)23-21(27)22(24,2)3/h4-12,15H,13-14H2,1-3H3,(H,23,27)/t15-/m0/s1. The Kier molecular flexibility index (Phi) is 5.49. The van der Waals surface area contributed by atoms with Crippen LogP contribution in [-0.4, -0.2) is 29.9 Å². The molecule has 0 aromatic heterocycles. The second-order valence-electron chi connectivity index (χ2n) is 7.44. The van der Waals surface area contributed by atoms with E-state index in [-0.39, 0.29) is 18.2 Å². The van der Waals surface area contributed by atoms with Gasteiger partial charge in [-0.25, -0.2) is 0 Å². The number of carbonyl (C=O) groups is 3. The van der Waals surface area contributed by atoms with E-state index in [2.05, 4.69) is 5.32 Å². The zero-order valence-corrected chi connectivity index (χ0v) is 16.3. The molecular formula is C22H24N2O4. The van der Waals surface area contributed by atoms with Crippen LogP contribution in [0, 0.1) is 0 Å². The number of hydrogen-bond donors (Lipinski definition) is 1. The summed E-state index contributed by atoms with van der Waals surface area (Å²) >= 11 is 0. The van der Waals surface area contributed by atoms with Gasteiger partial charge >= 0.3 is 5.97 Å². The first-order chi connectivity index (χ1) is 13.3. The topological polar surface area (TPSA) is 75.7 Å². The molecule has 6 heteroatoms. The molecule has 0 saturated carbocycles. The number of fused-ring (bicyclic) bond motifs is 1. The summed E-state index contributed by atoms with van der Waals surface area (Å²) in [5.41, 5.74) is 1.10. The third kappa shape index (κ3) is 3.91. The van der Waals surface area contributed by atoms with E-state index >= 15 is 0 Å². The monoisotopic (exact) mass is 380 g/mol. The van der Waals surface area contributed by atoms with Crippen molar-refractivity contribution in [3.63, 3.8) is 0 Å². The highest BCUT2D eigenvalue weighted by atomic mass is 16.5. The summed E-state index contributed by atoms with van der Waals surface area (Å²) < 4.78 is 5.23. The Morgan fingerprint density at radius 3 is 2.43 bits per heavy atom. The fourth-order valence-electron chi connectivity index (χ4n) is 3.31. The number of ether oxygens (including phenoxy) is 1. The van der Waals surface area contributed by atoms with Crippen molar-refractivity contribution in [2.24, 2.45) is 0 Å². The maximum Gasteiger partial charge on any atom is 0.306 e. The first kappa shape index (κ1) is 19.6. The quantitative estimate of drug-likeness (QED) is 0.806. The molecule has 3 rings (SSSR count). The number of para-hydroxylation sites is 2. The van der Waals surface area contributed by atoms with Crippen LogP contribution in [0.4, 0.5) is 11.4 Å². The van der Waals surface area contributed by atoms with Crippen LogP contribution in [0.15, 0.2) is 54.6 Å². The lowest BCUT2D eigenvalue weighted by atomic mass is 9.96. The molecule has 0 aliphatic carbocycles. The molecule has 146 valence electrons. The average Bonchev–Trinajstić information content (AvgIpc) is 2.67. The molecule has 28 heavy (non-hydrogen) atoms. The molecule has 0 saturated heterocycles. The van der Waals surface area contributed by atoms with Crippen LogP contribution >= 0.6 is 0 Å². The second kappa shape index (κ2) is 7.84. The van der Waals surface area contributed by atoms with E-state index in [1.54, 1.807) is 38.1 Å². The van der Waals surface area contributed by atoms with Gasteiger partial charge in [-0.3, -0.25) is 19.3 Å². The number of amides is 2. The van der Waals surface area contributed by atoms with Crippen LogP contribution in [0.1, 0.15) is 38.7 Å². The minimum Gasteiger partial charge on any atom is -0.456 e. The third-order valence-electron chi connectivity index (χ3n) is 4.96. The second-order valence-corrected chi connectivity index (χ2v) is 7.44. The number of nitrogens with zero attached hydrogens (tertiary/aromatic N) is 1. The van der Waals surface area contributed by atoms with Crippen LogP contribution < -0.4 is 10.2 Å². The van der Waals surface area contributed by atoms with Gasteiger partial charge in [0.15, 0.2) is 6.61 Å². The van der Waals surface area contributed by atoms with Crippen molar-refractivity contribution in [1.82, 2.24) is 0 Å². The average molecular weight is 380 g/mol. The van der Waals surface area contributed by atoms with Crippen molar-refractivity contribution in [3.8, 4) is 0 Å². The maximum atomic E-state index is 12.9. The molecule has 1 N–H and O–H groups in total. The Morgan fingerprint density at radius 2 is 1.71 bits per heavy atom. The summed E-state index contributed by atoms with van der Waals surface area (Å²) in [6, 6.07) is 16.7. The molecule has 1 aliphatic heterocycles. The molecule has 2 aromatic rings. The van der Waals surface area contributed by atoms with E-state index in [9.17, 15) is 14.4 Å². The Labute approximate surface area is 164 Å². The number of rotatable bonds is 5. The Balaban J connectivity index is 1.67. The zero-order chi connectivity index (χ0) is 20.3. The number of nitrogens with one attached hydrogen (secondary N) is 1. The smallest absolute Gasteiger partial charge is 0.306 e. The van der Waals surface area contributed by atoms with Gasteiger partial charge in [0, 0.05) is 0 Å². The molecule has 0 fully saturated rings. The molecule has 2 aromatic carbocycles. The maximum absolute atomic E-state index is 12.9. The summed E-state index contributed by atoms with van der Waals surface area (Å²) in [6.45, 7) is 4.85. The van der Waals surface area contributed by atoms with E-state index in [1.165, 1.54) is 4.90 Å². The van der Waals surface area contributed by atoms with E-state index in [0.29, 0.717) is 11.4 Å². The van der Waals surface area contributed by atoms with Gasteiger partial charge in [-0.05, 0) is 37.5 Å². The highest BCUT2D eigenvalue weighted by Gasteiger charge is 2.43. The summed E-state index contributed by atoms with van der Waals surface area (Å²) in [5, 5.41) is 2.80. The van der Waals surface area contributed by atoms with Crippen molar-refractivity contribution in [2.75, 3.05) is 16.8 Å². The number of anilines is 2. The first-order valence-corrected chi connectivity index (χ1v) is 9.25. The lowest BCUT2D eigenvalue weighted by Gasteiger charge is -2.41.